The zero-order valence-electron chi connectivity index (χ0n) is 44.4. The summed E-state index contributed by atoms with van der Waals surface area (Å²) in [6, 6.07) is 3.71. The van der Waals surface area contributed by atoms with Crippen LogP contribution in [0.15, 0.2) is 49.3 Å². The van der Waals surface area contributed by atoms with Gasteiger partial charge >= 0.3 is 19.5 Å². The summed E-state index contributed by atoms with van der Waals surface area (Å²) in [5.74, 6) is 0.432. The van der Waals surface area contributed by atoms with E-state index >= 15 is 0 Å². The van der Waals surface area contributed by atoms with Gasteiger partial charge in [-0.2, -0.15) is 26.3 Å². The summed E-state index contributed by atoms with van der Waals surface area (Å²) in [7, 11) is -16.9. The zero-order chi connectivity index (χ0) is 64.3. The first-order chi connectivity index (χ1) is 39.5. The molecule has 0 unspecified atom stereocenters. The fourth-order valence-corrected chi connectivity index (χ4v) is 21.3. The van der Waals surface area contributed by atoms with E-state index in [-0.39, 0.29) is 119 Å². The number of rotatable bonds is 9. The SMILES string of the molecule is Cc1nc(-c2ccnc3[nH]c(C(F)(F)F)cc23)sc1S(=O)(=O)NC1CCS(=O)(=O)CC1.Cc1nc(Cl)sc1S(=O)(=O)Cl.Cc1nc(Cl)sc1S(=O)(=O)NC1CCS(=O)(=O)CC1.NC1CCS(=O)(=O)CC1.OB(O)c1ccnc2[nH]c(C(F)(F)F)cc12. The van der Waals surface area contributed by atoms with Gasteiger partial charge in [0.15, 0.2) is 21.6 Å². The van der Waals surface area contributed by atoms with Crippen LogP contribution in [-0.4, -0.2) is 155 Å². The first-order valence-electron chi connectivity index (χ1n) is 24.5. The van der Waals surface area contributed by atoms with Crippen LogP contribution in [0.2, 0.25) is 8.93 Å². The molecular weight excluding hydrogens is 1400 g/mol. The Balaban J connectivity index is 0.000000185. The zero-order valence-corrected chi connectivity index (χ0v) is 54.1. The van der Waals surface area contributed by atoms with Gasteiger partial charge in [-0.15, -0.1) is 11.3 Å². The van der Waals surface area contributed by atoms with Crippen LogP contribution >= 0.6 is 67.9 Å². The van der Waals surface area contributed by atoms with E-state index in [9.17, 15) is 76.8 Å². The Morgan fingerprint density at radius 1 is 0.605 bits per heavy atom. The molecule has 7 aromatic rings. The molecular formula is C43H50BCl3F6N10O14S9. The van der Waals surface area contributed by atoms with Crippen LogP contribution in [0.3, 0.4) is 0 Å². The number of sulfonamides is 2. The predicted molar refractivity (Wildman–Crippen MR) is 314 cm³/mol. The lowest BCUT2D eigenvalue weighted by Gasteiger charge is -2.22. The lowest BCUT2D eigenvalue weighted by molar-refractivity contribution is -0.141. The standard InChI is InChI=1S/C17H17F3N4O4S3.C9H13ClN2O4S3.C8H6BF3N2O2.C5H11NO2S.C4H3Cl2NO2S2/c1-9-16(31(27,28)24-10-3-6-30(25,26)7-4-10)29-15(22-9)11-2-5-21-14-12(11)8-13(23-14)17(18,19)20;1-6-8(17-9(10)11-6)19(15,16)12-7-2-4-18(13,14)5-3-7;10-8(11,12)6-3-4-5(9(15)16)1-2-13-7(4)14-6;6-5-1-3-9(7,8)4-2-5;1-2-3(11(6,8)9)10-4(5)7-2/h2,5,8,10,24H,3-4,6-7H2,1H3,(H,21,23);7,12H,2-5H2,1H3;1-3,15-16H,(H,13,14);5H,1-4,6H2;1H3. The Kier molecular flexibility index (Phi) is 23.1. The van der Waals surface area contributed by atoms with Gasteiger partial charge in [-0.25, -0.2) is 84.9 Å². The third-order valence-electron chi connectivity index (χ3n) is 12.5. The summed E-state index contributed by atoms with van der Waals surface area (Å²) in [6.07, 6.45) is -4.33. The average molecular weight is 1450 g/mol. The largest absolute Gasteiger partial charge is 0.489 e. The predicted octanol–water partition coefficient (Wildman–Crippen LogP) is 5.65. The first kappa shape index (κ1) is 71.4. The molecule has 10 rings (SSSR count). The number of nitrogens with two attached hydrogens (primary N) is 1. The maximum atomic E-state index is 13.1. The van der Waals surface area contributed by atoms with E-state index in [1.54, 1.807) is 6.92 Å². The van der Waals surface area contributed by atoms with E-state index < -0.39 is 95.5 Å². The van der Waals surface area contributed by atoms with Gasteiger partial charge < -0.3 is 25.7 Å². The molecule has 0 aliphatic carbocycles. The molecule has 10 heterocycles. The second-order valence-corrected chi connectivity index (χ2v) is 36.8. The van der Waals surface area contributed by atoms with Crippen molar-refractivity contribution in [2.75, 3.05) is 34.5 Å². The van der Waals surface area contributed by atoms with Gasteiger partial charge in [0.25, 0.3) is 29.1 Å². The number of nitrogens with zero attached hydrogens (tertiary/aromatic N) is 5. The molecule has 43 heteroatoms. The van der Waals surface area contributed by atoms with Gasteiger partial charge in [0.2, 0.25) is 0 Å². The lowest BCUT2D eigenvalue weighted by Crippen LogP contribution is -2.40. The van der Waals surface area contributed by atoms with Crippen LogP contribution in [0.1, 0.15) is 67.0 Å². The highest BCUT2D eigenvalue weighted by Crippen LogP contribution is 2.38. The molecule has 3 aliphatic rings. The summed E-state index contributed by atoms with van der Waals surface area (Å²) < 4.78 is 220. The molecule has 0 saturated carbocycles. The molecule has 0 bridgehead atoms. The number of fused-ring (bicyclic) bond motifs is 2. The number of hydrogen-bond donors (Lipinski definition) is 7. The Bertz CT molecular complexity index is 4260. The number of pyridine rings is 2. The molecule has 0 amide bonds. The fraction of sp³-hybridized carbons (Fsp3) is 0.465. The number of hydrogen-bond acceptors (Lipinski definition) is 23. The van der Waals surface area contributed by atoms with Crippen LogP contribution in [0.25, 0.3) is 32.6 Å². The minimum Gasteiger partial charge on any atom is -0.423 e. The molecule has 8 N–H and O–H groups in total. The van der Waals surface area contributed by atoms with Crippen molar-refractivity contribution >= 4 is 161 Å². The molecule has 3 aliphatic heterocycles. The van der Waals surface area contributed by atoms with Gasteiger partial charge in [0.05, 0.1) is 51.6 Å². The Hall–Kier alpha value is -3.72. The molecule has 86 heavy (non-hydrogen) atoms. The second kappa shape index (κ2) is 27.8. The summed E-state index contributed by atoms with van der Waals surface area (Å²) in [6.45, 7) is 4.61. The van der Waals surface area contributed by atoms with E-state index in [1.807, 2.05) is 0 Å². The highest BCUT2D eigenvalue weighted by atomic mass is 35.7. The molecule has 0 atom stereocenters. The van der Waals surface area contributed by atoms with Crippen LogP contribution in [-0.2, 0) is 71.0 Å². The minimum absolute atomic E-state index is 0.0165. The van der Waals surface area contributed by atoms with Crippen molar-refractivity contribution in [2.45, 2.75) is 102 Å². The molecule has 3 fully saturated rings. The average Bonchev–Trinajstić information content (AvgIpc) is 1.72. The van der Waals surface area contributed by atoms with E-state index in [0.717, 1.165) is 46.1 Å². The summed E-state index contributed by atoms with van der Waals surface area (Å²) in [4.78, 5) is 23.7. The van der Waals surface area contributed by atoms with E-state index in [4.69, 9.17) is 49.7 Å². The van der Waals surface area contributed by atoms with Gasteiger partial charge in [0.1, 0.15) is 57.2 Å². The highest BCUT2D eigenvalue weighted by molar-refractivity contribution is 8.15. The number of H-pyrrole nitrogens is 2. The van der Waals surface area contributed by atoms with Crippen molar-refractivity contribution in [3.05, 3.63) is 74.1 Å². The molecule has 3 saturated heterocycles. The lowest BCUT2D eigenvalue weighted by atomic mass is 9.79. The van der Waals surface area contributed by atoms with Crippen molar-refractivity contribution in [1.29, 1.82) is 0 Å². The number of aryl methyl sites for hydroxylation is 3. The van der Waals surface area contributed by atoms with Crippen molar-refractivity contribution in [3.63, 3.8) is 0 Å². The first-order valence-corrected chi connectivity index (χ1v) is 38.5. The monoisotopic (exact) mass is 1450 g/mol. The van der Waals surface area contributed by atoms with Crippen LogP contribution < -0.4 is 20.6 Å². The van der Waals surface area contributed by atoms with Crippen molar-refractivity contribution in [3.8, 4) is 10.6 Å². The number of nitrogens with one attached hydrogen (secondary N) is 4. The van der Waals surface area contributed by atoms with Gasteiger partial charge in [0, 0.05) is 57.5 Å². The second-order valence-electron chi connectivity index (χ2n) is 19.1. The van der Waals surface area contributed by atoms with E-state index in [0.29, 0.717) is 42.6 Å². The topological polar surface area (TPSA) is 391 Å². The third-order valence-corrected chi connectivity index (χ3v) is 27.8. The summed E-state index contributed by atoms with van der Waals surface area (Å²) in [5.41, 5.74) is 4.76. The molecule has 0 radical (unpaired) electrons. The third kappa shape index (κ3) is 19.6. The summed E-state index contributed by atoms with van der Waals surface area (Å²) in [5, 5.41) is 18.4. The van der Waals surface area contributed by atoms with E-state index in [2.05, 4.69) is 44.3 Å². The van der Waals surface area contributed by atoms with Crippen molar-refractivity contribution in [1.82, 2.24) is 44.3 Å². The quantitative estimate of drug-likeness (QED) is 0.0522. The summed E-state index contributed by atoms with van der Waals surface area (Å²) >= 11 is 13.7. The molecule has 7 aromatic heterocycles. The molecule has 0 aromatic carbocycles. The number of halogens is 9. The van der Waals surface area contributed by atoms with Gasteiger partial charge in [-0.05, 0) is 89.0 Å². The number of thiazole rings is 3. The minimum atomic E-state index is -4.58. The van der Waals surface area contributed by atoms with Gasteiger partial charge in [-0.3, -0.25) is 0 Å². The number of aromatic amines is 2. The maximum absolute atomic E-state index is 13.1. The highest BCUT2D eigenvalue weighted by Gasteiger charge is 2.36. The van der Waals surface area contributed by atoms with Gasteiger partial charge in [-0.1, -0.05) is 45.9 Å². The normalized spacial score (nSPS) is 17.7. The number of sulfone groups is 3. The maximum Gasteiger partial charge on any atom is 0.489 e. The van der Waals surface area contributed by atoms with Crippen molar-refractivity contribution < 1.29 is 86.9 Å². The molecule has 0 spiro atoms. The van der Waals surface area contributed by atoms with Crippen LogP contribution in [0.4, 0.5) is 26.3 Å². The number of alkyl halides is 6. The van der Waals surface area contributed by atoms with Crippen molar-refractivity contribution in [2.24, 2.45) is 5.73 Å². The molecule has 24 nitrogen and oxygen atoms in total. The Morgan fingerprint density at radius 2 is 0.977 bits per heavy atom. The van der Waals surface area contributed by atoms with E-state index in [1.165, 1.54) is 38.4 Å². The molecule has 476 valence electrons. The Morgan fingerprint density at radius 3 is 1.35 bits per heavy atom. The smallest absolute Gasteiger partial charge is 0.423 e. The number of aromatic nitrogens is 7. The van der Waals surface area contributed by atoms with Crippen LogP contribution in [0.5, 0.6) is 0 Å². The van der Waals surface area contributed by atoms with Crippen LogP contribution in [0, 0.1) is 20.8 Å². The fourth-order valence-electron chi connectivity index (χ4n) is 8.19. The Labute approximate surface area is 515 Å².